The molecule has 0 N–H and O–H groups in total. The molecule has 0 radical (unpaired) electrons. The molecule has 2 aromatic heterocycles. The smallest absolute Gasteiger partial charge is 0.339 e. The van der Waals surface area contributed by atoms with Crippen LogP contribution in [0.3, 0.4) is 0 Å². The molecule has 0 atom stereocenters. The maximum Gasteiger partial charge on any atom is 0.339 e. The molecule has 1 aliphatic rings. The van der Waals surface area contributed by atoms with Gasteiger partial charge in [0.2, 0.25) is 0 Å². The van der Waals surface area contributed by atoms with Gasteiger partial charge in [-0.15, -0.1) is 0 Å². The molecule has 0 unspecified atom stereocenters. The molecule has 3 aromatic rings. The maximum absolute atomic E-state index is 12.2. The third kappa shape index (κ3) is 2.48. The first-order valence-electron chi connectivity index (χ1n) is 7.62. The van der Waals surface area contributed by atoms with E-state index < -0.39 is 0 Å². The van der Waals surface area contributed by atoms with Crippen molar-refractivity contribution in [3.05, 3.63) is 45.1 Å². The van der Waals surface area contributed by atoms with E-state index in [9.17, 15) is 4.79 Å². The number of aromatic nitrogens is 4. The number of fused-ring (bicyclic) bond motifs is 3. The standard InChI is InChI=1S/C16H15N4O3/c1-9-6-12(22-8-14-17-19-20-18-14)15-10-4-2-3-5-11(10)16(21)23-13(15)7-9/h6-7H,2-5,8H2,1H3/q-1. The highest BCUT2D eigenvalue weighted by Gasteiger charge is 2.21. The summed E-state index contributed by atoms with van der Waals surface area (Å²) in [5.41, 5.74) is 3.15. The van der Waals surface area contributed by atoms with Gasteiger partial charge in [-0.1, -0.05) is 0 Å². The van der Waals surface area contributed by atoms with Crippen LogP contribution in [0.5, 0.6) is 5.75 Å². The lowest BCUT2D eigenvalue weighted by Crippen LogP contribution is -2.16. The third-order valence-corrected chi connectivity index (χ3v) is 4.15. The quantitative estimate of drug-likeness (QED) is 0.680. The maximum atomic E-state index is 12.2. The van der Waals surface area contributed by atoms with Gasteiger partial charge in [0.05, 0.1) is 5.39 Å². The Kier molecular flexibility index (Phi) is 3.33. The minimum Gasteiger partial charge on any atom is -0.488 e. The molecule has 0 amide bonds. The molecular formula is C16H15N4O3-. The average Bonchev–Trinajstić information content (AvgIpc) is 3.06. The molecule has 2 heterocycles. The van der Waals surface area contributed by atoms with Crippen LogP contribution >= 0.6 is 0 Å². The first-order chi connectivity index (χ1) is 11.2. The summed E-state index contributed by atoms with van der Waals surface area (Å²) in [6.07, 6.45) is 3.72. The molecule has 0 saturated heterocycles. The summed E-state index contributed by atoms with van der Waals surface area (Å²) in [5.74, 6) is 1.11. The molecule has 0 fully saturated rings. The summed E-state index contributed by atoms with van der Waals surface area (Å²) >= 11 is 0. The number of rotatable bonds is 3. The normalized spacial score (nSPS) is 14.0. The molecule has 0 bridgehead atoms. The molecule has 1 aliphatic carbocycles. The van der Waals surface area contributed by atoms with Crippen LogP contribution in [0.1, 0.15) is 35.4 Å². The van der Waals surface area contributed by atoms with Crippen molar-refractivity contribution in [3.63, 3.8) is 0 Å². The van der Waals surface area contributed by atoms with Gasteiger partial charge in [-0.25, -0.2) is 4.79 Å². The fourth-order valence-electron chi connectivity index (χ4n) is 3.14. The highest BCUT2D eigenvalue weighted by Crippen LogP contribution is 2.34. The molecule has 7 nitrogen and oxygen atoms in total. The van der Waals surface area contributed by atoms with Crippen LogP contribution in [-0.4, -0.2) is 15.5 Å². The van der Waals surface area contributed by atoms with Gasteiger partial charge in [-0.3, -0.25) is 10.3 Å². The van der Waals surface area contributed by atoms with Gasteiger partial charge in [-0.05, 0) is 55.9 Å². The summed E-state index contributed by atoms with van der Waals surface area (Å²) < 4.78 is 11.4. The Labute approximate surface area is 131 Å². The van der Waals surface area contributed by atoms with Crippen LogP contribution in [0.15, 0.2) is 21.3 Å². The van der Waals surface area contributed by atoms with Gasteiger partial charge in [0.25, 0.3) is 0 Å². The fourth-order valence-corrected chi connectivity index (χ4v) is 3.14. The summed E-state index contributed by atoms with van der Waals surface area (Å²) in [4.78, 5) is 12.2. The van der Waals surface area contributed by atoms with Crippen molar-refractivity contribution in [1.29, 1.82) is 0 Å². The largest absolute Gasteiger partial charge is 0.488 e. The zero-order valence-corrected chi connectivity index (χ0v) is 12.7. The second kappa shape index (κ2) is 5.49. The van der Waals surface area contributed by atoms with E-state index in [2.05, 4.69) is 20.6 Å². The van der Waals surface area contributed by atoms with Crippen molar-refractivity contribution in [2.45, 2.75) is 39.2 Å². The van der Waals surface area contributed by atoms with Gasteiger partial charge >= 0.3 is 5.63 Å². The molecular weight excluding hydrogens is 296 g/mol. The van der Waals surface area contributed by atoms with E-state index >= 15 is 0 Å². The zero-order chi connectivity index (χ0) is 15.8. The van der Waals surface area contributed by atoms with Crippen molar-refractivity contribution in [3.8, 4) is 5.75 Å². The number of nitrogens with zero attached hydrogens (tertiary/aromatic N) is 4. The molecule has 0 saturated carbocycles. The molecule has 0 aliphatic heterocycles. The van der Waals surface area contributed by atoms with Crippen molar-refractivity contribution in [2.24, 2.45) is 0 Å². The minimum absolute atomic E-state index is 0.180. The Morgan fingerprint density at radius 2 is 2.09 bits per heavy atom. The van der Waals surface area contributed by atoms with Crippen LogP contribution in [0.2, 0.25) is 0 Å². The second-order valence-corrected chi connectivity index (χ2v) is 5.77. The predicted octanol–water partition coefficient (Wildman–Crippen LogP) is 1.70. The van der Waals surface area contributed by atoms with Crippen molar-refractivity contribution in [1.82, 2.24) is 20.6 Å². The Balaban J connectivity index is 1.86. The molecule has 118 valence electrons. The second-order valence-electron chi connectivity index (χ2n) is 5.77. The molecule has 0 spiro atoms. The lowest BCUT2D eigenvalue weighted by Gasteiger charge is -2.19. The van der Waals surface area contributed by atoms with E-state index in [-0.39, 0.29) is 12.2 Å². The van der Waals surface area contributed by atoms with Crippen LogP contribution in [0.25, 0.3) is 11.0 Å². The van der Waals surface area contributed by atoms with Crippen molar-refractivity contribution in [2.75, 3.05) is 0 Å². The first kappa shape index (κ1) is 13.9. The number of hydrogen-bond acceptors (Lipinski definition) is 6. The van der Waals surface area contributed by atoms with E-state index in [0.717, 1.165) is 47.8 Å². The minimum atomic E-state index is -0.225. The molecule has 4 rings (SSSR count). The Bertz CT molecular complexity index is 915. The van der Waals surface area contributed by atoms with Gasteiger partial charge in [0.1, 0.15) is 17.9 Å². The lowest BCUT2D eigenvalue weighted by molar-refractivity contribution is 0.298. The zero-order valence-electron chi connectivity index (χ0n) is 12.7. The number of ether oxygens (including phenoxy) is 1. The Morgan fingerprint density at radius 1 is 1.26 bits per heavy atom. The van der Waals surface area contributed by atoms with Crippen LogP contribution < -0.4 is 15.5 Å². The summed E-state index contributed by atoms with van der Waals surface area (Å²) in [7, 11) is 0. The van der Waals surface area contributed by atoms with Crippen LogP contribution in [0.4, 0.5) is 0 Å². The van der Waals surface area contributed by atoms with Crippen molar-refractivity contribution < 1.29 is 9.15 Å². The summed E-state index contributed by atoms with van der Waals surface area (Å²) in [5, 5.41) is 15.3. The van der Waals surface area contributed by atoms with Crippen LogP contribution in [0, 0.1) is 6.92 Å². The highest BCUT2D eigenvalue weighted by atomic mass is 16.5. The predicted molar refractivity (Wildman–Crippen MR) is 81.3 cm³/mol. The lowest BCUT2D eigenvalue weighted by atomic mass is 9.90. The van der Waals surface area contributed by atoms with Gasteiger partial charge in [-0.2, -0.15) is 5.21 Å². The van der Waals surface area contributed by atoms with Crippen LogP contribution in [-0.2, 0) is 19.4 Å². The SMILES string of the molecule is Cc1cc(OCc2nnn[n-]2)c2c3c(c(=O)oc2c1)CCCC3. The van der Waals surface area contributed by atoms with Gasteiger partial charge in [0.15, 0.2) is 0 Å². The third-order valence-electron chi connectivity index (χ3n) is 4.15. The number of hydrogen-bond donors (Lipinski definition) is 0. The van der Waals surface area contributed by atoms with E-state index in [1.807, 2.05) is 19.1 Å². The van der Waals surface area contributed by atoms with Gasteiger partial charge < -0.3 is 14.3 Å². The van der Waals surface area contributed by atoms with E-state index in [4.69, 9.17) is 9.15 Å². The number of aryl methyl sites for hydroxylation is 2. The fraction of sp³-hybridized carbons (Fsp3) is 0.375. The molecule has 7 heteroatoms. The number of tetrazole rings is 1. The Morgan fingerprint density at radius 3 is 2.87 bits per heavy atom. The monoisotopic (exact) mass is 311 g/mol. The topological polar surface area (TPSA) is 92.2 Å². The summed E-state index contributed by atoms with van der Waals surface area (Å²) in [6, 6.07) is 3.82. The van der Waals surface area contributed by atoms with E-state index in [1.165, 1.54) is 0 Å². The molecule has 1 aromatic carbocycles. The average molecular weight is 311 g/mol. The van der Waals surface area contributed by atoms with E-state index in [1.54, 1.807) is 0 Å². The summed E-state index contributed by atoms with van der Waals surface area (Å²) in [6.45, 7) is 2.12. The first-order valence-corrected chi connectivity index (χ1v) is 7.62. The van der Waals surface area contributed by atoms with Crippen molar-refractivity contribution >= 4 is 11.0 Å². The number of benzene rings is 1. The van der Waals surface area contributed by atoms with E-state index in [0.29, 0.717) is 17.2 Å². The van der Waals surface area contributed by atoms with Gasteiger partial charge in [0, 0.05) is 11.4 Å². The molecule has 23 heavy (non-hydrogen) atoms. The highest BCUT2D eigenvalue weighted by molar-refractivity contribution is 5.88. The Hall–Kier alpha value is -2.70.